The second-order valence-electron chi connectivity index (χ2n) is 7.60. The van der Waals surface area contributed by atoms with E-state index < -0.39 is 23.6 Å². The Hall–Kier alpha value is -3.17. The van der Waals surface area contributed by atoms with Crippen molar-refractivity contribution in [2.75, 3.05) is 0 Å². The lowest BCUT2D eigenvalue weighted by molar-refractivity contribution is -0.0442. The summed E-state index contributed by atoms with van der Waals surface area (Å²) in [6.45, 7) is 3.81. The summed E-state index contributed by atoms with van der Waals surface area (Å²) in [4.78, 5) is 12.7. The first-order valence-corrected chi connectivity index (χ1v) is 9.71. The number of aliphatic hydroxyl groups excluding tert-OH is 1. The Labute approximate surface area is 172 Å². The zero-order valence-electron chi connectivity index (χ0n) is 16.7. The van der Waals surface area contributed by atoms with Crippen molar-refractivity contribution in [3.8, 4) is 0 Å². The van der Waals surface area contributed by atoms with Crippen molar-refractivity contribution in [3.05, 3.63) is 114 Å². The van der Waals surface area contributed by atoms with Gasteiger partial charge in [0.15, 0.2) is 0 Å². The van der Waals surface area contributed by atoms with Crippen molar-refractivity contribution in [3.63, 3.8) is 0 Å². The molecule has 0 fully saturated rings. The number of carbonyl (C=O) groups excluding carboxylic acids is 1. The van der Waals surface area contributed by atoms with Gasteiger partial charge < -0.3 is 9.84 Å². The van der Waals surface area contributed by atoms with E-state index in [4.69, 9.17) is 4.74 Å². The summed E-state index contributed by atoms with van der Waals surface area (Å²) in [6, 6.07) is 28.2. The Morgan fingerprint density at radius 3 is 1.97 bits per heavy atom. The maximum atomic E-state index is 12.7. The highest BCUT2D eigenvalue weighted by atomic mass is 16.5. The van der Waals surface area contributed by atoms with Crippen LogP contribution < -0.4 is 0 Å². The molecule has 3 rings (SSSR count). The predicted molar refractivity (Wildman–Crippen MR) is 116 cm³/mol. The van der Waals surface area contributed by atoms with Gasteiger partial charge in [0.25, 0.3) is 0 Å². The minimum atomic E-state index is -0.808. The fourth-order valence-electron chi connectivity index (χ4n) is 3.18. The Kier molecular flexibility index (Phi) is 6.63. The van der Waals surface area contributed by atoms with Crippen molar-refractivity contribution in [2.24, 2.45) is 5.41 Å². The number of hydrogen-bond acceptors (Lipinski definition) is 3. The molecule has 2 atom stereocenters. The van der Waals surface area contributed by atoms with Gasteiger partial charge in [-0.15, -0.1) is 0 Å². The smallest absolute Gasteiger partial charge is 0.338 e. The second-order valence-corrected chi connectivity index (χ2v) is 7.60. The number of hydrogen-bond donors (Lipinski definition) is 1. The van der Waals surface area contributed by atoms with E-state index in [0.29, 0.717) is 5.56 Å². The monoisotopic (exact) mass is 386 g/mol. The van der Waals surface area contributed by atoms with Crippen molar-refractivity contribution in [1.29, 1.82) is 0 Å². The summed E-state index contributed by atoms with van der Waals surface area (Å²) < 4.78 is 5.88. The molecule has 29 heavy (non-hydrogen) atoms. The Morgan fingerprint density at radius 1 is 0.862 bits per heavy atom. The molecule has 0 bridgehead atoms. The maximum Gasteiger partial charge on any atom is 0.338 e. The molecule has 0 heterocycles. The van der Waals surface area contributed by atoms with Crippen LogP contribution in [0.15, 0.2) is 97.1 Å². The number of benzene rings is 3. The van der Waals surface area contributed by atoms with Crippen LogP contribution in [0, 0.1) is 5.41 Å². The molecule has 3 heteroatoms. The molecule has 148 valence electrons. The molecule has 0 aliphatic carbocycles. The van der Waals surface area contributed by atoms with Gasteiger partial charge in [0, 0.05) is 5.41 Å². The Morgan fingerprint density at radius 2 is 1.38 bits per heavy atom. The topological polar surface area (TPSA) is 46.5 Å². The lowest BCUT2D eigenvalue weighted by atomic mass is 9.77. The third-order valence-corrected chi connectivity index (χ3v) is 5.06. The van der Waals surface area contributed by atoms with Crippen molar-refractivity contribution >= 4 is 12.0 Å². The van der Waals surface area contributed by atoms with Crippen molar-refractivity contribution in [2.45, 2.75) is 26.1 Å². The first-order chi connectivity index (χ1) is 14.0. The molecular weight excluding hydrogens is 360 g/mol. The summed E-state index contributed by atoms with van der Waals surface area (Å²) in [6.07, 6.45) is 2.33. The van der Waals surface area contributed by atoms with Gasteiger partial charge in [-0.25, -0.2) is 4.79 Å². The zero-order valence-corrected chi connectivity index (χ0v) is 16.7. The molecule has 0 spiro atoms. The Balaban J connectivity index is 1.90. The summed E-state index contributed by atoms with van der Waals surface area (Å²) >= 11 is 0. The lowest BCUT2D eigenvalue weighted by Gasteiger charge is -2.36. The van der Waals surface area contributed by atoms with E-state index in [1.165, 1.54) is 0 Å². The van der Waals surface area contributed by atoms with Crippen LogP contribution in [-0.2, 0) is 4.74 Å². The average molecular weight is 386 g/mol. The summed E-state index contributed by atoms with van der Waals surface area (Å²) in [5.41, 5.74) is 1.51. The maximum absolute atomic E-state index is 12.7. The van der Waals surface area contributed by atoms with Gasteiger partial charge >= 0.3 is 5.97 Å². The average Bonchev–Trinajstić information content (AvgIpc) is 2.77. The molecule has 0 aliphatic rings. The van der Waals surface area contributed by atoms with Gasteiger partial charge in [-0.3, -0.25) is 0 Å². The number of aliphatic hydroxyl groups is 1. The van der Waals surface area contributed by atoms with E-state index in [-0.39, 0.29) is 0 Å². The van der Waals surface area contributed by atoms with Gasteiger partial charge in [0.1, 0.15) is 6.10 Å². The zero-order chi connectivity index (χ0) is 20.7. The van der Waals surface area contributed by atoms with Crippen LogP contribution in [-0.4, -0.2) is 17.2 Å². The van der Waals surface area contributed by atoms with Crippen LogP contribution in [0.3, 0.4) is 0 Å². The molecule has 0 unspecified atom stereocenters. The first kappa shape index (κ1) is 20.6. The van der Waals surface area contributed by atoms with E-state index in [9.17, 15) is 9.90 Å². The van der Waals surface area contributed by atoms with E-state index >= 15 is 0 Å². The first-order valence-electron chi connectivity index (χ1n) is 9.71. The summed E-state index contributed by atoms with van der Waals surface area (Å²) in [5, 5.41) is 11.1. The van der Waals surface area contributed by atoms with Gasteiger partial charge in [-0.1, -0.05) is 98.8 Å². The molecule has 3 aromatic rings. The number of carbonyl (C=O) groups is 1. The predicted octanol–water partition coefficient (Wildman–Crippen LogP) is 5.69. The van der Waals surface area contributed by atoms with Crippen molar-refractivity contribution < 1.29 is 14.6 Å². The van der Waals surface area contributed by atoms with Crippen LogP contribution in [0.25, 0.3) is 6.08 Å². The van der Waals surface area contributed by atoms with Crippen molar-refractivity contribution in [1.82, 2.24) is 0 Å². The van der Waals surface area contributed by atoms with Crippen LogP contribution in [0.5, 0.6) is 0 Å². The van der Waals surface area contributed by atoms with Gasteiger partial charge in [-0.05, 0) is 29.3 Å². The minimum absolute atomic E-state index is 0.415. The number of esters is 1. The van der Waals surface area contributed by atoms with E-state index in [0.717, 1.165) is 11.1 Å². The largest absolute Gasteiger partial charge is 0.454 e. The van der Waals surface area contributed by atoms with E-state index in [1.54, 1.807) is 24.3 Å². The molecule has 0 aromatic heterocycles. The molecule has 3 nitrogen and oxygen atoms in total. The SMILES string of the molecule is CC(C)([C@H](/C=C/c1ccccc1)OC(=O)c1ccccc1)[C@@H](O)c1ccccc1. The molecular formula is C26H26O3. The quantitative estimate of drug-likeness (QED) is 0.531. The highest BCUT2D eigenvalue weighted by molar-refractivity contribution is 5.89. The standard InChI is InChI=1S/C26H26O3/c1-26(2,24(27)21-14-8-4-9-15-21)23(19-18-20-12-6-3-7-13-20)29-25(28)22-16-10-5-11-17-22/h3-19,23-24,27H,1-2H3/b19-18+/t23-,24-/m0/s1. The molecule has 0 radical (unpaired) electrons. The third kappa shape index (κ3) is 5.21. The summed E-state index contributed by atoms with van der Waals surface area (Å²) in [7, 11) is 0. The Bertz CT molecular complexity index is 931. The van der Waals surface area contributed by atoms with Gasteiger partial charge in [-0.2, -0.15) is 0 Å². The van der Waals surface area contributed by atoms with Crippen LogP contribution in [0.4, 0.5) is 0 Å². The molecule has 1 N–H and O–H groups in total. The number of rotatable bonds is 7. The van der Waals surface area contributed by atoms with E-state index in [1.807, 2.05) is 92.7 Å². The molecule has 0 saturated heterocycles. The van der Waals surface area contributed by atoms with Gasteiger partial charge in [0.2, 0.25) is 0 Å². The highest BCUT2D eigenvalue weighted by Gasteiger charge is 2.38. The van der Waals surface area contributed by atoms with Gasteiger partial charge in [0.05, 0.1) is 11.7 Å². The lowest BCUT2D eigenvalue weighted by Crippen LogP contribution is -2.37. The second kappa shape index (κ2) is 9.35. The van der Waals surface area contributed by atoms with E-state index in [2.05, 4.69) is 0 Å². The normalized spacial score (nSPS) is 13.8. The number of ether oxygens (including phenoxy) is 1. The minimum Gasteiger partial charge on any atom is -0.454 e. The van der Waals surface area contributed by atoms with Crippen LogP contribution in [0.1, 0.15) is 41.4 Å². The molecule has 0 amide bonds. The van der Waals surface area contributed by atoms with Crippen LogP contribution >= 0.6 is 0 Å². The fourth-order valence-corrected chi connectivity index (χ4v) is 3.18. The molecule has 3 aromatic carbocycles. The van der Waals surface area contributed by atoms with Crippen LogP contribution in [0.2, 0.25) is 0 Å². The highest BCUT2D eigenvalue weighted by Crippen LogP contribution is 2.39. The molecule has 0 saturated carbocycles. The fraction of sp³-hybridized carbons (Fsp3) is 0.192. The molecule has 0 aliphatic heterocycles. The third-order valence-electron chi connectivity index (χ3n) is 5.06. The summed E-state index contributed by atoms with van der Waals surface area (Å²) in [5.74, 6) is -0.415.